The molecule has 1 aliphatic rings. The number of carbonyl (C=O) groups excluding carboxylic acids is 1. The second-order valence-corrected chi connectivity index (χ2v) is 5.75. The number of hydrogen-bond acceptors (Lipinski definition) is 3. The van der Waals surface area contributed by atoms with Gasteiger partial charge in [-0.1, -0.05) is 12.1 Å². The molecule has 3 rings (SSSR count). The molecule has 1 amide bonds. The van der Waals surface area contributed by atoms with Crippen LogP contribution < -0.4 is 4.74 Å². The van der Waals surface area contributed by atoms with E-state index in [-0.39, 0.29) is 5.91 Å². The summed E-state index contributed by atoms with van der Waals surface area (Å²) in [5.41, 5.74) is 5.31. The Balaban J connectivity index is 1.76. The molecule has 2 aromatic rings. The van der Waals surface area contributed by atoms with Crippen molar-refractivity contribution in [3.63, 3.8) is 0 Å². The fourth-order valence-corrected chi connectivity index (χ4v) is 3.08. The van der Waals surface area contributed by atoms with Crippen molar-refractivity contribution >= 4 is 5.91 Å². The summed E-state index contributed by atoms with van der Waals surface area (Å²) < 4.78 is 5.41. The van der Waals surface area contributed by atoms with Crippen molar-refractivity contribution < 1.29 is 9.53 Å². The number of aryl methyl sites for hydroxylation is 2. The van der Waals surface area contributed by atoms with Crippen LogP contribution in [0, 0.1) is 13.8 Å². The van der Waals surface area contributed by atoms with E-state index in [1.165, 1.54) is 11.1 Å². The Kier molecular flexibility index (Phi) is 3.88. The SMILES string of the molecule is COc1cccc2c1CCN(C(=O)Cc1c(C)n[nH]c1C)C2. The first kappa shape index (κ1) is 14.6. The Labute approximate surface area is 130 Å². The maximum atomic E-state index is 12.6. The predicted molar refractivity (Wildman–Crippen MR) is 83.9 cm³/mol. The number of aromatic amines is 1. The molecule has 22 heavy (non-hydrogen) atoms. The smallest absolute Gasteiger partial charge is 0.227 e. The van der Waals surface area contributed by atoms with Crippen LogP contribution in [-0.4, -0.2) is 34.7 Å². The van der Waals surface area contributed by atoms with E-state index in [1.54, 1.807) is 7.11 Å². The normalized spacial score (nSPS) is 13.9. The Morgan fingerprint density at radius 2 is 2.23 bits per heavy atom. The summed E-state index contributed by atoms with van der Waals surface area (Å²) in [7, 11) is 1.69. The van der Waals surface area contributed by atoms with Crippen molar-refractivity contribution in [2.45, 2.75) is 33.2 Å². The number of fused-ring (bicyclic) bond motifs is 1. The molecule has 0 fully saturated rings. The second kappa shape index (κ2) is 5.83. The molecule has 0 bridgehead atoms. The molecular weight excluding hydrogens is 278 g/mol. The van der Waals surface area contributed by atoms with Crippen LogP contribution in [0.5, 0.6) is 5.75 Å². The standard InChI is InChI=1S/C17H21N3O2/c1-11-15(12(2)19-18-11)9-17(21)20-8-7-14-13(10-20)5-4-6-16(14)22-3/h4-6H,7-10H2,1-3H3,(H,18,19). The number of aromatic nitrogens is 2. The fourth-order valence-electron chi connectivity index (χ4n) is 3.08. The molecule has 0 radical (unpaired) electrons. The number of ether oxygens (including phenoxy) is 1. The van der Waals surface area contributed by atoms with E-state index < -0.39 is 0 Å². The van der Waals surface area contributed by atoms with Gasteiger partial charge in [0.25, 0.3) is 0 Å². The zero-order chi connectivity index (χ0) is 15.7. The lowest BCUT2D eigenvalue weighted by atomic mass is 9.98. The lowest BCUT2D eigenvalue weighted by molar-refractivity contribution is -0.131. The van der Waals surface area contributed by atoms with Crippen LogP contribution in [0.3, 0.4) is 0 Å². The average molecular weight is 299 g/mol. The highest BCUT2D eigenvalue weighted by atomic mass is 16.5. The molecule has 0 unspecified atom stereocenters. The van der Waals surface area contributed by atoms with Gasteiger partial charge in [-0.05, 0) is 31.9 Å². The highest BCUT2D eigenvalue weighted by Gasteiger charge is 2.24. The number of benzene rings is 1. The molecule has 116 valence electrons. The largest absolute Gasteiger partial charge is 0.496 e. The third-order valence-electron chi connectivity index (χ3n) is 4.40. The van der Waals surface area contributed by atoms with Gasteiger partial charge in [-0.25, -0.2) is 0 Å². The maximum Gasteiger partial charge on any atom is 0.227 e. The van der Waals surface area contributed by atoms with Gasteiger partial charge in [0.1, 0.15) is 5.75 Å². The topological polar surface area (TPSA) is 58.2 Å². The van der Waals surface area contributed by atoms with Crippen LogP contribution in [0.25, 0.3) is 0 Å². The zero-order valence-corrected chi connectivity index (χ0v) is 13.3. The Hall–Kier alpha value is -2.30. The number of methoxy groups -OCH3 is 1. The van der Waals surface area contributed by atoms with Crippen molar-refractivity contribution in [2.75, 3.05) is 13.7 Å². The summed E-state index contributed by atoms with van der Waals surface area (Å²) in [5, 5.41) is 7.10. The second-order valence-electron chi connectivity index (χ2n) is 5.75. The number of carbonyl (C=O) groups is 1. The van der Waals surface area contributed by atoms with Gasteiger partial charge in [-0.15, -0.1) is 0 Å². The Morgan fingerprint density at radius 1 is 1.41 bits per heavy atom. The minimum atomic E-state index is 0.154. The minimum absolute atomic E-state index is 0.154. The molecule has 0 spiro atoms. The van der Waals surface area contributed by atoms with Gasteiger partial charge in [-0.3, -0.25) is 9.89 Å². The Bertz CT molecular complexity index is 686. The summed E-state index contributed by atoms with van der Waals surface area (Å²) in [6, 6.07) is 6.04. The quantitative estimate of drug-likeness (QED) is 0.945. The molecule has 1 aliphatic heterocycles. The predicted octanol–water partition coefficient (Wildman–Crippen LogP) is 2.16. The molecule has 0 aliphatic carbocycles. The van der Waals surface area contributed by atoms with E-state index >= 15 is 0 Å². The van der Waals surface area contributed by atoms with Crippen LogP contribution in [-0.2, 0) is 24.2 Å². The molecule has 0 saturated carbocycles. The number of H-pyrrole nitrogens is 1. The molecular formula is C17H21N3O2. The van der Waals surface area contributed by atoms with Gasteiger partial charge >= 0.3 is 0 Å². The molecule has 5 heteroatoms. The molecule has 2 heterocycles. The molecule has 0 atom stereocenters. The van der Waals surface area contributed by atoms with Gasteiger partial charge in [0.05, 0.1) is 19.2 Å². The lowest BCUT2D eigenvalue weighted by Crippen LogP contribution is -2.37. The van der Waals surface area contributed by atoms with Crippen molar-refractivity contribution in [3.8, 4) is 5.75 Å². The maximum absolute atomic E-state index is 12.6. The zero-order valence-electron chi connectivity index (χ0n) is 13.3. The van der Waals surface area contributed by atoms with E-state index in [1.807, 2.05) is 30.9 Å². The van der Waals surface area contributed by atoms with Crippen LogP contribution in [0.1, 0.15) is 28.1 Å². The van der Waals surface area contributed by atoms with Crippen LogP contribution in [0.2, 0.25) is 0 Å². The molecule has 0 saturated heterocycles. The number of rotatable bonds is 3. The summed E-state index contributed by atoms with van der Waals surface area (Å²) >= 11 is 0. The first-order valence-electron chi connectivity index (χ1n) is 7.53. The lowest BCUT2D eigenvalue weighted by Gasteiger charge is -2.30. The van der Waals surface area contributed by atoms with Crippen molar-refractivity contribution in [2.24, 2.45) is 0 Å². The minimum Gasteiger partial charge on any atom is -0.496 e. The molecule has 1 N–H and O–H groups in total. The summed E-state index contributed by atoms with van der Waals surface area (Å²) in [6.45, 7) is 5.28. The van der Waals surface area contributed by atoms with Gasteiger partial charge in [0.15, 0.2) is 0 Å². The summed E-state index contributed by atoms with van der Waals surface area (Å²) in [5.74, 6) is 1.08. The third kappa shape index (κ3) is 2.58. The van der Waals surface area contributed by atoms with Gasteiger partial charge in [0, 0.05) is 29.9 Å². The van der Waals surface area contributed by atoms with Crippen LogP contribution in [0.15, 0.2) is 18.2 Å². The number of nitrogens with one attached hydrogen (secondary N) is 1. The van der Waals surface area contributed by atoms with Crippen LogP contribution in [0.4, 0.5) is 0 Å². The summed E-state index contributed by atoms with van der Waals surface area (Å²) in [6.07, 6.45) is 1.25. The van der Waals surface area contributed by atoms with E-state index in [9.17, 15) is 4.79 Å². The Morgan fingerprint density at radius 3 is 2.91 bits per heavy atom. The first-order valence-corrected chi connectivity index (χ1v) is 7.53. The van der Waals surface area contributed by atoms with Crippen molar-refractivity contribution in [3.05, 3.63) is 46.3 Å². The monoisotopic (exact) mass is 299 g/mol. The van der Waals surface area contributed by atoms with E-state index in [4.69, 9.17) is 4.74 Å². The highest BCUT2D eigenvalue weighted by molar-refractivity contribution is 5.79. The van der Waals surface area contributed by atoms with E-state index in [2.05, 4.69) is 16.3 Å². The fraction of sp³-hybridized carbons (Fsp3) is 0.412. The van der Waals surface area contributed by atoms with Gasteiger partial charge < -0.3 is 9.64 Å². The van der Waals surface area contributed by atoms with Gasteiger partial charge in [-0.2, -0.15) is 5.10 Å². The highest BCUT2D eigenvalue weighted by Crippen LogP contribution is 2.28. The van der Waals surface area contributed by atoms with E-state index in [0.717, 1.165) is 35.7 Å². The third-order valence-corrected chi connectivity index (χ3v) is 4.40. The summed E-state index contributed by atoms with van der Waals surface area (Å²) in [4.78, 5) is 14.5. The number of hydrogen-bond donors (Lipinski definition) is 1. The first-order chi connectivity index (χ1) is 10.6. The number of nitrogens with zero attached hydrogens (tertiary/aromatic N) is 2. The van der Waals surface area contributed by atoms with Gasteiger partial charge in [0.2, 0.25) is 5.91 Å². The average Bonchev–Trinajstić information content (AvgIpc) is 2.85. The van der Waals surface area contributed by atoms with Crippen molar-refractivity contribution in [1.82, 2.24) is 15.1 Å². The number of amides is 1. The molecule has 1 aromatic heterocycles. The molecule has 1 aromatic carbocycles. The van der Waals surface area contributed by atoms with E-state index in [0.29, 0.717) is 13.0 Å². The van der Waals surface area contributed by atoms with Crippen LogP contribution >= 0.6 is 0 Å². The van der Waals surface area contributed by atoms with Crippen molar-refractivity contribution in [1.29, 1.82) is 0 Å². The molecule has 5 nitrogen and oxygen atoms in total.